The van der Waals surface area contributed by atoms with E-state index in [2.05, 4.69) is 11.2 Å². The Morgan fingerprint density at radius 2 is 2.12 bits per heavy atom. The molecule has 3 aromatic rings. The topological polar surface area (TPSA) is 55.7 Å². The van der Waals surface area contributed by atoms with Gasteiger partial charge in [-0.2, -0.15) is 5.10 Å². The summed E-state index contributed by atoms with van der Waals surface area (Å²) in [6.07, 6.45) is 13.6. The van der Waals surface area contributed by atoms with Crippen LogP contribution in [-0.4, -0.2) is 15.9 Å². The molecule has 0 saturated heterocycles. The smallest absolute Gasteiger partial charge is 0.211 e. The summed E-state index contributed by atoms with van der Waals surface area (Å²) < 4.78 is 7.45. The molecule has 4 rings (SSSR count). The fraction of sp³-hybridized carbons (Fsp3) is 0.316. The Kier molecular flexibility index (Phi) is 4.88. The van der Waals surface area contributed by atoms with Crippen molar-refractivity contribution in [1.82, 2.24) is 9.66 Å². The van der Waals surface area contributed by atoms with E-state index < -0.39 is 0 Å². The van der Waals surface area contributed by atoms with Crippen LogP contribution in [0, 0.1) is 5.92 Å². The number of nitrogens with zero attached hydrogens (tertiary/aromatic N) is 4. The molecule has 25 heavy (non-hydrogen) atoms. The SMILES string of the molecule is C(=Nn1c(-c2ccco2)csc1=Nc1cccnc1)C1CCCCC1. The molecule has 0 N–H and O–H groups in total. The second-order valence-corrected chi connectivity index (χ2v) is 7.01. The van der Waals surface area contributed by atoms with Gasteiger partial charge in [-0.25, -0.2) is 9.67 Å². The number of furan rings is 1. The second-order valence-electron chi connectivity index (χ2n) is 6.18. The van der Waals surface area contributed by atoms with E-state index >= 15 is 0 Å². The molecule has 0 bridgehead atoms. The van der Waals surface area contributed by atoms with Gasteiger partial charge in [-0.1, -0.05) is 19.3 Å². The maximum Gasteiger partial charge on any atom is 0.211 e. The van der Waals surface area contributed by atoms with E-state index in [1.54, 1.807) is 30.0 Å². The number of aromatic nitrogens is 2. The van der Waals surface area contributed by atoms with Crippen molar-refractivity contribution in [2.45, 2.75) is 32.1 Å². The van der Waals surface area contributed by atoms with Crippen LogP contribution in [-0.2, 0) is 0 Å². The molecule has 0 aromatic carbocycles. The average molecular weight is 352 g/mol. The standard InChI is InChI=1S/C19H20N4OS/c1-2-6-15(7-3-1)12-21-23-17(18-9-5-11-24-18)14-25-19(23)22-16-8-4-10-20-13-16/h4-5,8-15H,1-3,6-7H2. The molecule has 5 nitrogen and oxygen atoms in total. The number of hydrogen-bond donors (Lipinski definition) is 0. The lowest BCUT2D eigenvalue weighted by Crippen LogP contribution is -2.14. The Hall–Kier alpha value is -2.47. The molecule has 6 heteroatoms. The molecular weight excluding hydrogens is 332 g/mol. The zero-order valence-corrected chi connectivity index (χ0v) is 14.7. The first-order valence-electron chi connectivity index (χ1n) is 8.64. The van der Waals surface area contributed by atoms with Crippen molar-refractivity contribution < 1.29 is 4.42 Å². The maximum atomic E-state index is 5.57. The van der Waals surface area contributed by atoms with Gasteiger partial charge in [-0.05, 0) is 43.0 Å². The lowest BCUT2D eigenvalue weighted by atomic mass is 9.90. The predicted octanol–water partition coefficient (Wildman–Crippen LogP) is 4.85. The van der Waals surface area contributed by atoms with Gasteiger partial charge in [0.15, 0.2) is 5.76 Å². The van der Waals surface area contributed by atoms with Gasteiger partial charge in [0.2, 0.25) is 4.80 Å². The van der Waals surface area contributed by atoms with Crippen molar-refractivity contribution in [2.75, 3.05) is 0 Å². The fourth-order valence-corrected chi connectivity index (χ4v) is 3.89. The van der Waals surface area contributed by atoms with E-state index in [-0.39, 0.29) is 0 Å². The first-order chi connectivity index (χ1) is 12.4. The van der Waals surface area contributed by atoms with Crippen molar-refractivity contribution in [2.24, 2.45) is 16.0 Å². The number of rotatable bonds is 4. The Morgan fingerprint density at radius 3 is 2.88 bits per heavy atom. The third-order valence-corrected chi connectivity index (χ3v) is 5.19. The van der Waals surface area contributed by atoms with E-state index in [9.17, 15) is 0 Å². The molecule has 0 unspecified atom stereocenters. The minimum Gasteiger partial charge on any atom is -0.463 e. The third kappa shape index (κ3) is 3.79. The highest BCUT2D eigenvalue weighted by atomic mass is 32.1. The summed E-state index contributed by atoms with van der Waals surface area (Å²) in [5, 5.41) is 6.80. The number of thiazole rings is 1. The van der Waals surface area contributed by atoms with Crippen molar-refractivity contribution in [3.8, 4) is 11.5 Å². The van der Waals surface area contributed by atoms with Crippen molar-refractivity contribution >= 4 is 23.2 Å². The van der Waals surface area contributed by atoms with Crippen molar-refractivity contribution in [3.05, 3.63) is 53.1 Å². The van der Waals surface area contributed by atoms with Crippen LogP contribution in [0.4, 0.5) is 5.69 Å². The van der Waals surface area contributed by atoms with Crippen LogP contribution in [0.15, 0.2) is 62.8 Å². The summed E-state index contributed by atoms with van der Waals surface area (Å²) in [5.41, 5.74) is 1.74. The van der Waals surface area contributed by atoms with Crippen LogP contribution in [0.2, 0.25) is 0 Å². The van der Waals surface area contributed by atoms with Crippen molar-refractivity contribution in [3.63, 3.8) is 0 Å². The summed E-state index contributed by atoms with van der Waals surface area (Å²) >= 11 is 1.55. The quantitative estimate of drug-likeness (QED) is 0.630. The third-order valence-electron chi connectivity index (χ3n) is 4.37. The molecule has 0 spiro atoms. The van der Waals surface area contributed by atoms with Gasteiger partial charge in [-0.3, -0.25) is 4.98 Å². The number of hydrogen-bond acceptors (Lipinski definition) is 5. The molecule has 1 fully saturated rings. The maximum absolute atomic E-state index is 5.57. The first kappa shape index (κ1) is 16.0. The highest BCUT2D eigenvalue weighted by Gasteiger charge is 2.13. The van der Waals surface area contributed by atoms with Crippen molar-refractivity contribution in [1.29, 1.82) is 0 Å². The summed E-state index contributed by atoms with van der Waals surface area (Å²) in [7, 11) is 0. The van der Waals surface area contributed by atoms with Gasteiger partial charge in [0.1, 0.15) is 5.69 Å². The number of pyridine rings is 1. The summed E-state index contributed by atoms with van der Waals surface area (Å²) in [5.74, 6) is 1.35. The van der Waals surface area contributed by atoms with E-state index in [0.717, 1.165) is 21.9 Å². The van der Waals surface area contributed by atoms with Gasteiger partial charge in [-0.15, -0.1) is 11.3 Å². The van der Waals surface area contributed by atoms with Crippen LogP contribution in [0.1, 0.15) is 32.1 Å². The molecular formula is C19H20N4OS. The zero-order chi connectivity index (χ0) is 16.9. The molecule has 0 atom stereocenters. The summed E-state index contributed by atoms with van der Waals surface area (Å²) in [6.45, 7) is 0. The molecule has 3 aromatic heterocycles. The van der Waals surface area contributed by atoms with Crippen LogP contribution in [0.25, 0.3) is 11.5 Å². The van der Waals surface area contributed by atoms with Crippen LogP contribution in [0.5, 0.6) is 0 Å². The molecule has 0 amide bonds. The molecule has 0 aliphatic heterocycles. The monoisotopic (exact) mass is 352 g/mol. The Balaban J connectivity index is 1.74. The van der Waals surface area contributed by atoms with Crippen LogP contribution < -0.4 is 4.80 Å². The van der Waals surface area contributed by atoms with E-state index in [1.807, 2.05) is 34.3 Å². The Morgan fingerprint density at radius 1 is 1.20 bits per heavy atom. The molecule has 1 saturated carbocycles. The van der Waals surface area contributed by atoms with Crippen LogP contribution in [0.3, 0.4) is 0 Å². The summed E-state index contributed by atoms with van der Waals surface area (Å²) in [4.78, 5) is 9.64. The minimum absolute atomic E-state index is 0.553. The lowest BCUT2D eigenvalue weighted by Gasteiger charge is -2.16. The fourth-order valence-electron chi connectivity index (χ4n) is 3.06. The molecule has 3 heterocycles. The average Bonchev–Trinajstić information content (AvgIpc) is 3.31. The van der Waals surface area contributed by atoms with Gasteiger partial charge < -0.3 is 4.42 Å². The van der Waals surface area contributed by atoms with E-state index in [1.165, 1.54) is 32.1 Å². The Labute approximate surface area is 150 Å². The predicted molar refractivity (Wildman–Crippen MR) is 99.9 cm³/mol. The zero-order valence-electron chi connectivity index (χ0n) is 13.9. The van der Waals surface area contributed by atoms with Crippen LogP contribution >= 0.6 is 11.3 Å². The molecule has 0 radical (unpaired) electrons. The second kappa shape index (κ2) is 7.61. The van der Waals surface area contributed by atoms with E-state index in [4.69, 9.17) is 14.5 Å². The molecule has 128 valence electrons. The lowest BCUT2D eigenvalue weighted by molar-refractivity contribution is 0.443. The van der Waals surface area contributed by atoms with E-state index in [0.29, 0.717) is 5.92 Å². The van der Waals surface area contributed by atoms with Gasteiger partial charge in [0, 0.05) is 17.8 Å². The normalized spacial score (nSPS) is 16.7. The highest BCUT2D eigenvalue weighted by Crippen LogP contribution is 2.24. The van der Waals surface area contributed by atoms with Gasteiger partial charge in [0.05, 0.1) is 18.1 Å². The van der Waals surface area contributed by atoms with Gasteiger partial charge >= 0.3 is 0 Å². The highest BCUT2D eigenvalue weighted by molar-refractivity contribution is 7.07. The summed E-state index contributed by atoms with van der Waals surface area (Å²) in [6, 6.07) is 7.66. The van der Waals surface area contributed by atoms with Gasteiger partial charge in [0.25, 0.3) is 0 Å². The Bertz CT molecular complexity index is 887. The largest absolute Gasteiger partial charge is 0.463 e. The molecule has 1 aliphatic rings. The molecule has 1 aliphatic carbocycles. The first-order valence-corrected chi connectivity index (χ1v) is 9.52. The minimum atomic E-state index is 0.553.